The maximum atomic E-state index is 12.4. The highest BCUT2D eigenvalue weighted by molar-refractivity contribution is 6.30. The zero-order chi connectivity index (χ0) is 16.8. The largest absolute Gasteiger partial charge is 0.344 e. The molecule has 0 radical (unpaired) electrons. The van der Waals surface area contributed by atoms with Crippen LogP contribution < -0.4 is 10.2 Å². The summed E-state index contributed by atoms with van der Waals surface area (Å²) in [5, 5.41) is 3.37. The molecule has 0 aliphatic rings. The number of rotatable bonds is 6. The van der Waals surface area contributed by atoms with Crippen LogP contribution in [-0.2, 0) is 0 Å². The Bertz CT molecular complexity index is 690. The highest BCUT2D eigenvalue weighted by Gasteiger charge is 2.13. The van der Waals surface area contributed by atoms with Gasteiger partial charge in [-0.25, -0.2) is 9.97 Å². The van der Waals surface area contributed by atoms with Crippen molar-refractivity contribution < 1.29 is 4.79 Å². The molecule has 0 fully saturated rings. The van der Waals surface area contributed by atoms with E-state index >= 15 is 0 Å². The summed E-state index contributed by atoms with van der Waals surface area (Å²) in [6, 6.07) is 8.70. The fraction of sp³-hybridized carbons (Fsp3) is 0.353. The molecule has 2 rings (SSSR count). The lowest BCUT2D eigenvalue weighted by atomic mass is 10.3. The monoisotopic (exact) mass is 332 g/mol. The number of hydrogen-bond donors (Lipinski definition) is 1. The minimum atomic E-state index is -0.275. The van der Waals surface area contributed by atoms with Crippen LogP contribution in [0.4, 0.5) is 11.6 Å². The van der Waals surface area contributed by atoms with Crippen LogP contribution in [0.1, 0.15) is 35.9 Å². The Morgan fingerprint density at radius 1 is 1.30 bits per heavy atom. The first-order valence-electron chi connectivity index (χ1n) is 7.63. The molecule has 5 nitrogen and oxygen atoms in total. The van der Waals surface area contributed by atoms with Crippen molar-refractivity contribution in [2.75, 3.05) is 23.8 Å². The average Bonchev–Trinajstić information content (AvgIpc) is 2.52. The number of carbonyl (C=O) groups is 1. The second-order valence-corrected chi connectivity index (χ2v) is 5.87. The van der Waals surface area contributed by atoms with Crippen molar-refractivity contribution >= 4 is 29.1 Å². The van der Waals surface area contributed by atoms with Gasteiger partial charge in [-0.05, 0) is 37.6 Å². The molecule has 0 saturated heterocycles. The molecule has 0 aliphatic carbocycles. The number of aryl methyl sites for hydroxylation is 1. The predicted octanol–water partition coefficient (Wildman–Crippen LogP) is 3.93. The minimum Gasteiger partial charge on any atom is -0.344 e. The lowest BCUT2D eigenvalue weighted by molar-refractivity contribution is 0.102. The highest BCUT2D eigenvalue weighted by Crippen LogP contribution is 2.16. The number of amides is 1. The summed E-state index contributed by atoms with van der Waals surface area (Å²) >= 11 is 5.93. The third-order valence-corrected chi connectivity index (χ3v) is 3.58. The molecule has 1 aromatic carbocycles. The molecule has 2 aromatic rings. The summed E-state index contributed by atoms with van der Waals surface area (Å²) in [4.78, 5) is 23.1. The van der Waals surface area contributed by atoms with Gasteiger partial charge >= 0.3 is 0 Å². The van der Waals surface area contributed by atoms with Gasteiger partial charge in [0.15, 0.2) is 0 Å². The van der Waals surface area contributed by atoms with Crippen molar-refractivity contribution in [3.05, 3.63) is 46.7 Å². The molecule has 0 atom stereocenters. The van der Waals surface area contributed by atoms with Gasteiger partial charge in [0, 0.05) is 30.0 Å². The molecule has 23 heavy (non-hydrogen) atoms. The second kappa shape index (κ2) is 7.92. The van der Waals surface area contributed by atoms with E-state index in [0.29, 0.717) is 22.4 Å². The number of nitrogens with zero attached hydrogens (tertiary/aromatic N) is 3. The molecular formula is C17H21ClN4O. The Hall–Kier alpha value is -2.14. The number of unbranched alkanes of at least 4 members (excludes halogenated alkanes) is 1. The Morgan fingerprint density at radius 2 is 2.09 bits per heavy atom. The quantitative estimate of drug-likeness (QED) is 0.870. The van der Waals surface area contributed by atoms with Crippen LogP contribution in [0.25, 0.3) is 0 Å². The van der Waals surface area contributed by atoms with E-state index in [4.69, 9.17) is 11.6 Å². The van der Waals surface area contributed by atoms with Crippen LogP contribution in [0.5, 0.6) is 0 Å². The molecular weight excluding hydrogens is 312 g/mol. The third kappa shape index (κ3) is 4.93. The molecule has 0 aliphatic heterocycles. The van der Waals surface area contributed by atoms with Crippen LogP contribution in [0.3, 0.4) is 0 Å². The van der Waals surface area contributed by atoms with Crippen LogP contribution in [0.15, 0.2) is 30.3 Å². The number of anilines is 2. The Morgan fingerprint density at radius 3 is 2.78 bits per heavy atom. The van der Waals surface area contributed by atoms with Crippen molar-refractivity contribution in [2.45, 2.75) is 26.7 Å². The summed E-state index contributed by atoms with van der Waals surface area (Å²) in [7, 11) is 1.93. The Labute approximate surface area is 141 Å². The fourth-order valence-corrected chi connectivity index (χ4v) is 2.29. The molecule has 0 bridgehead atoms. The van der Waals surface area contributed by atoms with Gasteiger partial charge in [-0.15, -0.1) is 0 Å². The molecule has 1 amide bonds. The first-order chi connectivity index (χ1) is 11.0. The van der Waals surface area contributed by atoms with E-state index in [-0.39, 0.29) is 5.91 Å². The van der Waals surface area contributed by atoms with E-state index < -0.39 is 0 Å². The van der Waals surface area contributed by atoms with Crippen LogP contribution in [0.2, 0.25) is 5.02 Å². The normalized spacial score (nSPS) is 10.4. The number of benzene rings is 1. The fourth-order valence-electron chi connectivity index (χ4n) is 2.10. The van der Waals surface area contributed by atoms with Crippen molar-refractivity contribution in [3.8, 4) is 0 Å². The van der Waals surface area contributed by atoms with Crippen molar-refractivity contribution in [2.24, 2.45) is 0 Å². The first kappa shape index (κ1) is 17.2. The zero-order valence-electron chi connectivity index (χ0n) is 13.6. The van der Waals surface area contributed by atoms with Gasteiger partial charge < -0.3 is 10.2 Å². The van der Waals surface area contributed by atoms with Crippen LogP contribution in [-0.4, -0.2) is 29.5 Å². The van der Waals surface area contributed by atoms with Gasteiger partial charge in [0.2, 0.25) is 5.95 Å². The van der Waals surface area contributed by atoms with E-state index in [9.17, 15) is 4.79 Å². The van der Waals surface area contributed by atoms with Crippen molar-refractivity contribution in [1.82, 2.24) is 9.97 Å². The highest BCUT2D eigenvalue weighted by atomic mass is 35.5. The van der Waals surface area contributed by atoms with Gasteiger partial charge in [-0.2, -0.15) is 0 Å². The molecule has 1 heterocycles. The SMILES string of the molecule is CCCCN(C)c1nc(C)cc(C(=O)Nc2cccc(Cl)c2)n1. The third-order valence-electron chi connectivity index (χ3n) is 3.35. The molecule has 0 spiro atoms. The Kier molecular flexibility index (Phi) is 5.93. The zero-order valence-corrected chi connectivity index (χ0v) is 14.4. The Balaban J connectivity index is 2.18. The van der Waals surface area contributed by atoms with Gasteiger partial charge in [0.1, 0.15) is 5.69 Å². The van der Waals surface area contributed by atoms with Gasteiger partial charge in [-0.1, -0.05) is 31.0 Å². The number of hydrogen-bond acceptors (Lipinski definition) is 4. The lowest BCUT2D eigenvalue weighted by Crippen LogP contribution is -2.23. The summed E-state index contributed by atoms with van der Waals surface area (Å²) < 4.78 is 0. The number of aromatic nitrogens is 2. The summed E-state index contributed by atoms with van der Waals surface area (Å²) in [6.45, 7) is 4.85. The van der Waals surface area contributed by atoms with Gasteiger partial charge in [0.05, 0.1) is 0 Å². The molecule has 1 N–H and O–H groups in total. The first-order valence-corrected chi connectivity index (χ1v) is 8.01. The molecule has 0 unspecified atom stereocenters. The topological polar surface area (TPSA) is 58.1 Å². The minimum absolute atomic E-state index is 0.275. The molecule has 0 saturated carbocycles. The lowest BCUT2D eigenvalue weighted by Gasteiger charge is -2.17. The summed E-state index contributed by atoms with van der Waals surface area (Å²) in [6.07, 6.45) is 2.15. The second-order valence-electron chi connectivity index (χ2n) is 5.43. The predicted molar refractivity (Wildman–Crippen MR) is 94.4 cm³/mol. The standard InChI is InChI=1S/C17H21ClN4O/c1-4-5-9-22(3)17-19-12(2)10-15(21-17)16(23)20-14-8-6-7-13(18)11-14/h6-8,10-11H,4-5,9H2,1-3H3,(H,20,23). The summed E-state index contributed by atoms with van der Waals surface area (Å²) in [5.41, 5.74) is 1.74. The maximum Gasteiger partial charge on any atom is 0.274 e. The van der Waals surface area contributed by atoms with Gasteiger partial charge in [-0.3, -0.25) is 4.79 Å². The van der Waals surface area contributed by atoms with Crippen molar-refractivity contribution in [1.29, 1.82) is 0 Å². The van der Waals surface area contributed by atoms with Crippen molar-refractivity contribution in [3.63, 3.8) is 0 Å². The van der Waals surface area contributed by atoms with E-state index in [1.807, 2.05) is 18.9 Å². The van der Waals surface area contributed by atoms with E-state index in [0.717, 1.165) is 25.1 Å². The number of halogens is 1. The number of carbonyl (C=O) groups excluding carboxylic acids is 1. The summed E-state index contributed by atoms with van der Waals surface area (Å²) in [5.74, 6) is 0.289. The van der Waals surface area contributed by atoms with Gasteiger partial charge in [0.25, 0.3) is 5.91 Å². The van der Waals surface area contributed by atoms with Crippen LogP contribution >= 0.6 is 11.6 Å². The number of nitrogens with one attached hydrogen (secondary N) is 1. The van der Waals surface area contributed by atoms with Crippen LogP contribution in [0, 0.1) is 6.92 Å². The van der Waals surface area contributed by atoms with E-state index in [1.54, 1.807) is 30.3 Å². The van der Waals surface area contributed by atoms with E-state index in [1.165, 1.54) is 0 Å². The smallest absolute Gasteiger partial charge is 0.274 e. The maximum absolute atomic E-state index is 12.4. The molecule has 1 aromatic heterocycles. The molecule has 122 valence electrons. The molecule has 6 heteroatoms. The van der Waals surface area contributed by atoms with E-state index in [2.05, 4.69) is 22.2 Å². The average molecular weight is 333 g/mol.